The van der Waals surface area contributed by atoms with E-state index in [9.17, 15) is 22.8 Å². The molecule has 0 radical (unpaired) electrons. The van der Waals surface area contributed by atoms with Gasteiger partial charge in [-0.1, -0.05) is 12.1 Å². The van der Waals surface area contributed by atoms with Crippen LogP contribution in [0.25, 0.3) is 0 Å². The van der Waals surface area contributed by atoms with Crippen LogP contribution in [0.4, 0.5) is 13.2 Å². The van der Waals surface area contributed by atoms with Crippen molar-refractivity contribution in [1.82, 2.24) is 10.9 Å². The Morgan fingerprint density at radius 1 is 0.957 bits per heavy atom. The van der Waals surface area contributed by atoms with E-state index in [-0.39, 0.29) is 16.2 Å². The smallest absolute Gasteiger partial charge is 0.272 e. The van der Waals surface area contributed by atoms with Crippen molar-refractivity contribution in [3.05, 3.63) is 65.5 Å². The summed E-state index contributed by atoms with van der Waals surface area (Å²) in [5.41, 5.74) is 3.89. The van der Waals surface area contributed by atoms with Gasteiger partial charge in [0.1, 0.15) is 17.5 Å². The molecule has 0 saturated heterocycles. The molecule has 0 fully saturated rings. The van der Waals surface area contributed by atoms with Crippen molar-refractivity contribution in [3.8, 4) is 0 Å². The largest absolute Gasteiger partial charge is 0.272 e. The quantitative estimate of drug-likeness (QED) is 0.665. The van der Waals surface area contributed by atoms with E-state index in [0.717, 1.165) is 36.0 Å². The van der Waals surface area contributed by atoms with Gasteiger partial charge in [0, 0.05) is 4.90 Å². The molecule has 4 nitrogen and oxygen atoms in total. The lowest BCUT2D eigenvalue weighted by Gasteiger charge is -2.08. The van der Waals surface area contributed by atoms with Crippen LogP contribution in [0.1, 0.15) is 10.4 Å². The Kier molecular flexibility index (Phi) is 5.64. The van der Waals surface area contributed by atoms with Crippen LogP contribution in [0.3, 0.4) is 0 Å². The molecule has 0 atom stereocenters. The van der Waals surface area contributed by atoms with Crippen LogP contribution >= 0.6 is 11.8 Å². The van der Waals surface area contributed by atoms with Crippen molar-refractivity contribution in [2.75, 3.05) is 5.75 Å². The van der Waals surface area contributed by atoms with Crippen molar-refractivity contribution in [2.45, 2.75) is 4.90 Å². The topological polar surface area (TPSA) is 58.2 Å². The Morgan fingerprint density at radius 3 is 2.43 bits per heavy atom. The average Bonchev–Trinajstić information content (AvgIpc) is 2.54. The zero-order valence-corrected chi connectivity index (χ0v) is 12.4. The van der Waals surface area contributed by atoms with Crippen molar-refractivity contribution >= 4 is 23.6 Å². The van der Waals surface area contributed by atoms with E-state index in [1.807, 2.05) is 5.43 Å². The molecule has 0 spiro atoms. The molecule has 2 aromatic carbocycles. The number of hydrazine groups is 1. The van der Waals surface area contributed by atoms with Crippen LogP contribution in [0, 0.1) is 17.5 Å². The zero-order valence-electron chi connectivity index (χ0n) is 11.6. The molecule has 0 aromatic heterocycles. The number of carbonyl (C=O) groups excluding carboxylic acids is 2. The summed E-state index contributed by atoms with van der Waals surface area (Å²) in [6, 6.07) is 8.15. The molecule has 2 amide bonds. The van der Waals surface area contributed by atoms with Crippen LogP contribution in [-0.2, 0) is 4.79 Å². The maximum Gasteiger partial charge on any atom is 0.272 e. The van der Waals surface area contributed by atoms with Crippen LogP contribution in [0.2, 0.25) is 0 Å². The first-order chi connectivity index (χ1) is 11.0. The van der Waals surface area contributed by atoms with Gasteiger partial charge >= 0.3 is 0 Å². The molecule has 8 heteroatoms. The summed E-state index contributed by atoms with van der Waals surface area (Å²) >= 11 is 0.768. The minimum absolute atomic E-state index is 0.0272. The minimum atomic E-state index is -0.821. The molecule has 2 rings (SSSR count). The number of halogens is 3. The summed E-state index contributed by atoms with van der Waals surface area (Å²) in [5, 5.41) is 0. The Labute approximate surface area is 134 Å². The van der Waals surface area contributed by atoms with E-state index < -0.39 is 29.3 Å². The van der Waals surface area contributed by atoms with Crippen molar-refractivity contribution in [1.29, 1.82) is 0 Å². The van der Waals surface area contributed by atoms with E-state index in [1.54, 1.807) is 0 Å². The predicted molar refractivity (Wildman–Crippen MR) is 79.1 cm³/mol. The fourth-order valence-corrected chi connectivity index (χ4v) is 2.37. The lowest BCUT2D eigenvalue weighted by Crippen LogP contribution is -2.42. The van der Waals surface area contributed by atoms with Gasteiger partial charge in [0.2, 0.25) is 5.91 Å². The Hall–Kier alpha value is -2.48. The molecular formula is C15H11F3N2O2S. The molecule has 0 bridgehead atoms. The molecule has 2 N–H and O–H groups in total. The zero-order chi connectivity index (χ0) is 16.8. The number of hydrogen-bond acceptors (Lipinski definition) is 3. The monoisotopic (exact) mass is 340 g/mol. The van der Waals surface area contributed by atoms with E-state index >= 15 is 0 Å². The number of nitrogens with one attached hydrogen (secondary N) is 2. The summed E-state index contributed by atoms with van der Waals surface area (Å²) < 4.78 is 39.7. The van der Waals surface area contributed by atoms with Gasteiger partial charge in [-0.15, -0.1) is 11.8 Å². The molecule has 120 valence electrons. The fourth-order valence-electron chi connectivity index (χ4n) is 1.61. The van der Waals surface area contributed by atoms with E-state index in [0.29, 0.717) is 0 Å². The van der Waals surface area contributed by atoms with Gasteiger partial charge in [-0.2, -0.15) is 0 Å². The Bertz CT molecular complexity index is 740. The second-order valence-corrected chi connectivity index (χ2v) is 5.36. The van der Waals surface area contributed by atoms with Gasteiger partial charge in [0.25, 0.3) is 5.91 Å². The van der Waals surface area contributed by atoms with E-state index in [2.05, 4.69) is 5.43 Å². The molecule has 23 heavy (non-hydrogen) atoms. The normalized spacial score (nSPS) is 10.2. The number of thioether (sulfide) groups is 1. The van der Waals surface area contributed by atoms with Crippen molar-refractivity contribution in [3.63, 3.8) is 0 Å². The second-order valence-electron chi connectivity index (χ2n) is 4.35. The lowest BCUT2D eigenvalue weighted by molar-refractivity contribution is -0.119. The van der Waals surface area contributed by atoms with Crippen LogP contribution in [-0.4, -0.2) is 17.6 Å². The van der Waals surface area contributed by atoms with E-state index in [4.69, 9.17) is 0 Å². The molecule has 0 aliphatic heterocycles. The third kappa shape index (κ3) is 4.75. The Morgan fingerprint density at radius 2 is 1.70 bits per heavy atom. The number of benzene rings is 2. The van der Waals surface area contributed by atoms with Crippen LogP contribution in [0.5, 0.6) is 0 Å². The minimum Gasteiger partial charge on any atom is -0.272 e. The van der Waals surface area contributed by atoms with Crippen molar-refractivity contribution < 1.29 is 22.8 Å². The first-order valence-electron chi connectivity index (χ1n) is 6.39. The maximum atomic E-state index is 13.4. The molecule has 0 aliphatic carbocycles. The van der Waals surface area contributed by atoms with Gasteiger partial charge in [-0.3, -0.25) is 20.4 Å². The van der Waals surface area contributed by atoms with Gasteiger partial charge in [-0.05, 0) is 30.3 Å². The van der Waals surface area contributed by atoms with Crippen LogP contribution < -0.4 is 10.9 Å². The summed E-state index contributed by atoms with van der Waals surface area (Å²) in [7, 11) is 0. The molecule has 0 saturated carbocycles. The van der Waals surface area contributed by atoms with Gasteiger partial charge in [-0.25, -0.2) is 13.2 Å². The third-order valence-corrected chi connectivity index (χ3v) is 3.72. The number of hydrogen-bond donors (Lipinski definition) is 2. The predicted octanol–water partition coefficient (Wildman–Crippen LogP) is 2.66. The van der Waals surface area contributed by atoms with Gasteiger partial charge in [0.15, 0.2) is 0 Å². The van der Waals surface area contributed by atoms with Gasteiger partial charge < -0.3 is 0 Å². The first kappa shape index (κ1) is 16.9. The number of carbonyl (C=O) groups is 2. The standard InChI is InChI=1S/C15H11F3N2O2S/c16-9-5-6-12(18)13(7-9)23-8-14(21)19-20-15(22)10-3-1-2-4-11(10)17/h1-7H,8H2,(H,19,21)(H,20,22). The Balaban J connectivity index is 1.85. The highest BCUT2D eigenvalue weighted by molar-refractivity contribution is 8.00. The molecule has 0 aliphatic rings. The lowest BCUT2D eigenvalue weighted by atomic mass is 10.2. The first-order valence-corrected chi connectivity index (χ1v) is 7.37. The summed E-state index contributed by atoms with van der Waals surface area (Å²) in [5.74, 6) is -3.73. The van der Waals surface area contributed by atoms with Crippen molar-refractivity contribution in [2.24, 2.45) is 0 Å². The summed E-state index contributed by atoms with van der Waals surface area (Å²) in [6.07, 6.45) is 0. The maximum absolute atomic E-state index is 13.4. The average molecular weight is 340 g/mol. The number of rotatable bonds is 4. The molecule has 2 aromatic rings. The molecule has 0 heterocycles. The third-order valence-electron chi connectivity index (χ3n) is 2.69. The summed E-state index contributed by atoms with van der Waals surface area (Å²) in [4.78, 5) is 23.2. The highest BCUT2D eigenvalue weighted by Gasteiger charge is 2.12. The van der Waals surface area contributed by atoms with E-state index in [1.165, 1.54) is 18.2 Å². The number of amides is 2. The molecule has 0 unspecified atom stereocenters. The highest BCUT2D eigenvalue weighted by atomic mass is 32.2. The highest BCUT2D eigenvalue weighted by Crippen LogP contribution is 2.22. The van der Waals surface area contributed by atoms with Crippen LogP contribution in [0.15, 0.2) is 47.4 Å². The fraction of sp³-hybridized carbons (Fsp3) is 0.0667. The summed E-state index contributed by atoms with van der Waals surface area (Å²) in [6.45, 7) is 0. The van der Waals surface area contributed by atoms with Gasteiger partial charge in [0.05, 0.1) is 11.3 Å². The molecular weight excluding hydrogens is 329 g/mol. The second kappa shape index (κ2) is 7.68. The SMILES string of the molecule is O=C(CSc1cc(F)ccc1F)NNC(=O)c1ccccc1F.